The number of aliphatic carboxylic acids is 1. The summed E-state index contributed by atoms with van der Waals surface area (Å²) in [4.78, 5) is 10.1. The van der Waals surface area contributed by atoms with Gasteiger partial charge in [-0.15, -0.1) is 0 Å². The van der Waals surface area contributed by atoms with Crippen LogP contribution < -0.4 is 5.73 Å². The highest BCUT2D eigenvalue weighted by molar-refractivity contribution is 6.02. The molecule has 0 saturated carbocycles. The highest BCUT2D eigenvalue weighted by atomic mass is 16.8. The van der Waals surface area contributed by atoms with E-state index in [2.05, 4.69) is 0 Å². The fourth-order valence-electron chi connectivity index (χ4n) is 0.992. The van der Waals surface area contributed by atoms with Gasteiger partial charge in [-0.3, -0.25) is 10.0 Å². The lowest BCUT2D eigenvalue weighted by Crippen LogP contribution is -2.28. The molecular weight excluding hydrogens is 200 g/mol. The number of allylic oxidation sites excluding steroid dienone is 5. The molecule has 1 unspecified atom stereocenters. The van der Waals surface area contributed by atoms with Crippen molar-refractivity contribution in [3.05, 3.63) is 41.2 Å². The van der Waals surface area contributed by atoms with Crippen molar-refractivity contribution in [3.63, 3.8) is 0 Å². The zero-order chi connectivity index (χ0) is 11.4. The van der Waals surface area contributed by atoms with Gasteiger partial charge in [0.2, 0.25) is 0 Å². The van der Waals surface area contributed by atoms with Gasteiger partial charge in [-0.25, -0.2) is 0 Å². The van der Waals surface area contributed by atoms with Crippen molar-refractivity contribution in [2.24, 2.45) is 5.73 Å². The van der Waals surface area contributed by atoms with E-state index in [1.165, 1.54) is 30.4 Å². The molecule has 0 radical (unpaired) electrons. The van der Waals surface area contributed by atoms with Crippen LogP contribution in [0.5, 0.6) is 0 Å². The molecule has 0 aromatic carbocycles. The van der Waals surface area contributed by atoms with Crippen LogP contribution in [0.3, 0.4) is 0 Å². The van der Waals surface area contributed by atoms with E-state index in [1.54, 1.807) is 0 Å². The molecule has 1 aliphatic carbocycles. The SMILES string of the molecule is NC(C=C1C=CC(=[N+]([O-])O)C=C1)C(=O)O. The fraction of sp³-hybridized carbons (Fsp3) is 0.111. The lowest BCUT2D eigenvalue weighted by Gasteiger charge is -2.03. The second kappa shape index (κ2) is 4.43. The van der Waals surface area contributed by atoms with Crippen LogP contribution in [0, 0.1) is 5.21 Å². The first-order valence-corrected chi connectivity index (χ1v) is 4.10. The molecule has 0 bridgehead atoms. The highest BCUT2D eigenvalue weighted by Crippen LogP contribution is 2.07. The van der Waals surface area contributed by atoms with Gasteiger partial charge in [0.1, 0.15) is 6.04 Å². The lowest BCUT2D eigenvalue weighted by molar-refractivity contribution is -0.725. The normalized spacial score (nSPS) is 16.3. The van der Waals surface area contributed by atoms with Crippen molar-refractivity contribution >= 4 is 11.7 Å². The molecule has 4 N–H and O–H groups in total. The minimum Gasteiger partial charge on any atom is -0.480 e. The smallest absolute Gasteiger partial charge is 0.324 e. The largest absolute Gasteiger partial charge is 0.480 e. The molecule has 0 saturated heterocycles. The quantitative estimate of drug-likeness (QED) is 0.332. The standard InChI is InChI=1S/C9H10N2O4/c10-8(9(12)13)5-6-1-3-7(4-2-6)11(14)15/h1-5,8H,10H2,(H,12,13)(H,14,15). The van der Waals surface area contributed by atoms with Crippen LogP contribution in [0.15, 0.2) is 36.0 Å². The molecule has 80 valence electrons. The second-order valence-corrected chi connectivity index (χ2v) is 2.90. The molecule has 6 nitrogen and oxygen atoms in total. The highest BCUT2D eigenvalue weighted by Gasteiger charge is 2.10. The first-order valence-electron chi connectivity index (χ1n) is 4.10. The Kier molecular flexibility index (Phi) is 3.25. The van der Waals surface area contributed by atoms with E-state index >= 15 is 0 Å². The van der Waals surface area contributed by atoms with E-state index in [4.69, 9.17) is 16.0 Å². The number of rotatable bonds is 2. The van der Waals surface area contributed by atoms with Gasteiger partial charge in [0, 0.05) is 17.1 Å². The Morgan fingerprint density at radius 1 is 1.47 bits per heavy atom. The molecule has 0 aromatic heterocycles. The molecule has 0 heterocycles. The minimum atomic E-state index is -1.13. The summed E-state index contributed by atoms with van der Waals surface area (Å²) in [5, 5.41) is 27.5. The second-order valence-electron chi connectivity index (χ2n) is 2.90. The van der Waals surface area contributed by atoms with Crippen molar-refractivity contribution in [1.82, 2.24) is 0 Å². The number of hydrogen-bond acceptors (Lipinski definition) is 4. The summed E-state index contributed by atoms with van der Waals surface area (Å²) in [5.41, 5.74) is 5.90. The maximum Gasteiger partial charge on any atom is 0.324 e. The molecule has 1 atom stereocenters. The number of carboxylic acids is 1. The van der Waals surface area contributed by atoms with Gasteiger partial charge in [-0.1, -0.05) is 0 Å². The van der Waals surface area contributed by atoms with E-state index in [9.17, 15) is 10.0 Å². The number of carbonyl (C=O) groups is 1. The summed E-state index contributed by atoms with van der Waals surface area (Å²) in [6, 6.07) is -1.09. The van der Waals surface area contributed by atoms with Crippen molar-refractivity contribution in [2.45, 2.75) is 6.04 Å². The molecule has 1 rings (SSSR count). The first-order chi connectivity index (χ1) is 7.00. The summed E-state index contributed by atoms with van der Waals surface area (Å²) >= 11 is 0. The van der Waals surface area contributed by atoms with Gasteiger partial charge in [0.15, 0.2) is 0 Å². The Hall–Kier alpha value is -2.08. The fourth-order valence-corrected chi connectivity index (χ4v) is 0.992. The average molecular weight is 210 g/mol. The first kappa shape index (κ1) is 11.0. The molecule has 0 fully saturated rings. The average Bonchev–Trinajstić information content (AvgIpc) is 2.18. The third-order valence-electron chi connectivity index (χ3n) is 1.77. The number of nitrogens with two attached hydrogens (primary N) is 1. The van der Waals surface area contributed by atoms with Crippen molar-refractivity contribution in [3.8, 4) is 0 Å². The molecule has 6 heteroatoms. The van der Waals surface area contributed by atoms with Crippen LogP contribution in [0.2, 0.25) is 0 Å². The van der Waals surface area contributed by atoms with E-state index in [0.717, 1.165) is 0 Å². The van der Waals surface area contributed by atoms with Crippen LogP contribution in [0.4, 0.5) is 0 Å². The zero-order valence-corrected chi connectivity index (χ0v) is 7.70. The molecule has 0 spiro atoms. The monoisotopic (exact) mass is 210 g/mol. The van der Waals surface area contributed by atoms with Gasteiger partial charge in [0.25, 0.3) is 5.71 Å². The maximum atomic E-state index is 10.4. The number of hydrogen-bond donors (Lipinski definition) is 3. The van der Waals surface area contributed by atoms with Crippen LogP contribution in [0.25, 0.3) is 0 Å². The van der Waals surface area contributed by atoms with Crippen molar-refractivity contribution in [2.75, 3.05) is 0 Å². The predicted octanol–water partition coefficient (Wildman–Crippen LogP) is -0.209. The molecule has 1 aliphatic rings. The van der Waals surface area contributed by atoms with Gasteiger partial charge in [-0.05, 0) is 23.8 Å². The Balaban J connectivity index is 2.81. The third-order valence-corrected chi connectivity index (χ3v) is 1.77. The zero-order valence-electron chi connectivity index (χ0n) is 7.70. The minimum absolute atomic E-state index is 0.0658. The Labute approximate surface area is 85.5 Å². The van der Waals surface area contributed by atoms with E-state index < -0.39 is 12.0 Å². The van der Waals surface area contributed by atoms with Crippen molar-refractivity contribution < 1.29 is 20.0 Å². The van der Waals surface area contributed by atoms with Gasteiger partial charge < -0.3 is 16.0 Å². The van der Waals surface area contributed by atoms with Crippen LogP contribution in [-0.2, 0) is 4.79 Å². The summed E-state index contributed by atoms with van der Waals surface area (Å²) < 4.78 is 0. The summed E-state index contributed by atoms with van der Waals surface area (Å²) in [6.45, 7) is 0. The van der Waals surface area contributed by atoms with E-state index in [1.807, 2.05) is 0 Å². The van der Waals surface area contributed by atoms with E-state index in [0.29, 0.717) is 5.57 Å². The van der Waals surface area contributed by atoms with Gasteiger partial charge in [0.05, 0.1) is 0 Å². The summed E-state index contributed by atoms with van der Waals surface area (Å²) in [7, 11) is 0. The van der Waals surface area contributed by atoms with Gasteiger partial charge in [-0.2, -0.15) is 0 Å². The van der Waals surface area contributed by atoms with Crippen LogP contribution >= 0.6 is 0 Å². The topological polar surface area (TPSA) is 110 Å². The van der Waals surface area contributed by atoms with Gasteiger partial charge >= 0.3 is 5.97 Å². The molecule has 0 aliphatic heterocycles. The Morgan fingerprint density at radius 3 is 2.40 bits per heavy atom. The summed E-state index contributed by atoms with van der Waals surface area (Å²) in [5.74, 6) is -1.13. The lowest BCUT2D eigenvalue weighted by atomic mass is 10.1. The van der Waals surface area contributed by atoms with Crippen LogP contribution in [-0.4, -0.2) is 32.9 Å². The maximum absolute atomic E-state index is 10.4. The molecule has 0 amide bonds. The number of nitrogens with zero attached hydrogens (tertiary/aromatic N) is 1. The number of carboxylic acid groups (broad SMARTS) is 1. The predicted molar refractivity (Wildman–Crippen MR) is 52.4 cm³/mol. The summed E-state index contributed by atoms with van der Waals surface area (Å²) in [6.07, 6.45) is 7.01. The Bertz CT molecular complexity index is 371. The van der Waals surface area contributed by atoms with E-state index in [-0.39, 0.29) is 10.6 Å². The van der Waals surface area contributed by atoms with Crippen molar-refractivity contribution in [1.29, 1.82) is 0 Å². The molecule has 15 heavy (non-hydrogen) atoms. The molecule has 0 aromatic rings. The molecular formula is C9H10N2O4. The Morgan fingerprint density at radius 2 is 2.00 bits per heavy atom. The third kappa shape index (κ3) is 2.96. The van der Waals surface area contributed by atoms with Crippen LogP contribution in [0.1, 0.15) is 0 Å².